The Hall–Kier alpha value is -6.78. The molecule has 4 heteroatoms. The predicted octanol–water partition coefficient (Wildman–Crippen LogP) is 11.0. The average molecular weight is 660 g/mol. The summed E-state index contributed by atoms with van der Waals surface area (Å²) >= 11 is 0. The van der Waals surface area contributed by atoms with Gasteiger partial charge in [0.25, 0.3) is 0 Å². The van der Waals surface area contributed by atoms with E-state index in [1.54, 1.807) is 0 Å². The van der Waals surface area contributed by atoms with Gasteiger partial charge >= 0.3 is 6.85 Å². The zero-order chi connectivity index (χ0) is 33.9. The lowest BCUT2D eigenvalue weighted by molar-refractivity contribution is 1.18. The lowest BCUT2D eigenvalue weighted by Crippen LogP contribution is -2.47. The van der Waals surface area contributed by atoms with Crippen LogP contribution in [0.5, 0.6) is 0 Å². The Bertz CT molecular complexity index is 3030. The summed E-state index contributed by atoms with van der Waals surface area (Å²) in [4.78, 5) is 2.41. The molecule has 0 fully saturated rings. The van der Waals surface area contributed by atoms with Gasteiger partial charge in [0.05, 0.1) is 11.0 Å². The molecule has 3 nitrogen and oxygen atoms in total. The maximum absolute atomic E-state index is 2.64. The third-order valence-electron chi connectivity index (χ3n) is 11.4. The summed E-state index contributed by atoms with van der Waals surface area (Å²) in [5.74, 6) is 0. The van der Waals surface area contributed by atoms with Gasteiger partial charge in [0.1, 0.15) is 0 Å². The van der Waals surface area contributed by atoms with Crippen molar-refractivity contribution in [2.75, 3.05) is 4.90 Å². The summed E-state index contributed by atoms with van der Waals surface area (Å²) < 4.78 is 5.10. The van der Waals surface area contributed by atoms with Gasteiger partial charge in [0.2, 0.25) is 0 Å². The van der Waals surface area contributed by atoms with Gasteiger partial charge < -0.3 is 13.9 Å². The van der Waals surface area contributed by atoms with Crippen LogP contribution in [0, 0.1) is 0 Å². The summed E-state index contributed by atoms with van der Waals surface area (Å²) in [6.45, 7) is 0.0416. The second kappa shape index (κ2) is 10.4. The summed E-state index contributed by atoms with van der Waals surface area (Å²) in [5.41, 5.74) is 17.6. The van der Waals surface area contributed by atoms with E-state index in [4.69, 9.17) is 0 Å². The molecule has 0 saturated heterocycles. The quantitative estimate of drug-likeness (QED) is 0.171. The third-order valence-corrected chi connectivity index (χ3v) is 11.4. The molecule has 10 aromatic rings. The SMILES string of the molecule is c1ccc(N(c2ccccc2)c2cc3c4c(c2)-c2cccc5c6ccccc6n(c25)B4c2cc4c(cc2-3)c2ccccc2n4-c2ccccc2)cc1. The van der Waals surface area contributed by atoms with Crippen molar-refractivity contribution in [3.05, 3.63) is 182 Å². The highest BCUT2D eigenvalue weighted by atomic mass is 15.1. The summed E-state index contributed by atoms with van der Waals surface area (Å²) in [6, 6.07) is 67.0. The van der Waals surface area contributed by atoms with E-state index in [2.05, 4.69) is 196 Å². The lowest BCUT2D eigenvalue weighted by atomic mass is 9.50. The summed E-state index contributed by atoms with van der Waals surface area (Å²) in [7, 11) is 0. The highest BCUT2D eigenvalue weighted by Gasteiger charge is 2.43. The van der Waals surface area contributed by atoms with Gasteiger partial charge in [0, 0.05) is 60.9 Å². The fourth-order valence-electron chi connectivity index (χ4n) is 9.42. The van der Waals surface area contributed by atoms with E-state index < -0.39 is 0 Å². The Labute approximate surface area is 301 Å². The molecule has 0 aliphatic carbocycles. The Morgan fingerprint density at radius 2 is 0.962 bits per heavy atom. The first kappa shape index (κ1) is 28.0. The number of fused-ring (bicyclic) bond motifs is 11. The van der Waals surface area contributed by atoms with Crippen LogP contribution in [0.4, 0.5) is 17.1 Å². The number of para-hydroxylation sites is 6. The minimum Gasteiger partial charge on any atom is -0.375 e. The molecule has 2 aliphatic rings. The topological polar surface area (TPSA) is 13.1 Å². The van der Waals surface area contributed by atoms with Crippen molar-refractivity contribution < 1.29 is 0 Å². The van der Waals surface area contributed by atoms with Crippen LogP contribution >= 0.6 is 0 Å². The second-order valence-electron chi connectivity index (χ2n) is 14.1. The number of anilines is 3. The Kier molecular flexibility index (Phi) is 5.58. The monoisotopic (exact) mass is 659 g/mol. The number of hydrogen-bond donors (Lipinski definition) is 0. The zero-order valence-corrected chi connectivity index (χ0v) is 28.2. The molecule has 0 bridgehead atoms. The van der Waals surface area contributed by atoms with Crippen LogP contribution < -0.4 is 15.8 Å². The normalized spacial score (nSPS) is 12.6. The van der Waals surface area contributed by atoms with E-state index in [0.29, 0.717) is 0 Å². The molecule has 0 spiro atoms. The summed E-state index contributed by atoms with van der Waals surface area (Å²) in [5, 5.41) is 5.16. The minimum absolute atomic E-state index is 0.0416. The van der Waals surface area contributed by atoms with Crippen LogP contribution in [0.2, 0.25) is 0 Å². The van der Waals surface area contributed by atoms with Crippen molar-refractivity contribution in [2.45, 2.75) is 0 Å². The van der Waals surface area contributed by atoms with Crippen LogP contribution in [0.25, 0.3) is 71.6 Å². The molecule has 240 valence electrons. The standard InChI is InChI=1S/C48H30BN3/c1-4-15-31(16-5-1)50(32-17-6-2-7-18-32)34-27-41-38-24-14-23-37-35-21-11-13-26-45(35)52(48(37)38)49-43-30-46-40(29-39(43)42(28-34)47(41)49)36-22-10-12-25-44(36)51(46)33-19-8-3-9-20-33/h1-30H. The number of hydrogen-bond acceptors (Lipinski definition) is 1. The van der Waals surface area contributed by atoms with Crippen molar-refractivity contribution in [3.63, 3.8) is 0 Å². The molecule has 2 aromatic heterocycles. The molecule has 0 atom stereocenters. The maximum Gasteiger partial charge on any atom is 0.330 e. The lowest BCUT2D eigenvalue weighted by Gasteiger charge is -2.29. The number of nitrogens with zero attached hydrogens (tertiary/aromatic N) is 3. The van der Waals surface area contributed by atoms with Crippen LogP contribution in [0.1, 0.15) is 0 Å². The minimum atomic E-state index is 0.0416. The zero-order valence-electron chi connectivity index (χ0n) is 28.2. The predicted molar refractivity (Wildman–Crippen MR) is 220 cm³/mol. The molecule has 0 unspecified atom stereocenters. The maximum atomic E-state index is 2.64. The molecular weight excluding hydrogens is 629 g/mol. The van der Waals surface area contributed by atoms with Crippen molar-refractivity contribution in [1.82, 2.24) is 9.05 Å². The van der Waals surface area contributed by atoms with E-state index in [-0.39, 0.29) is 6.85 Å². The molecule has 2 aliphatic heterocycles. The highest BCUT2D eigenvalue weighted by molar-refractivity contribution is 6.91. The molecule has 0 N–H and O–H groups in total. The molecular formula is C48H30BN3. The van der Waals surface area contributed by atoms with Gasteiger partial charge in [-0.25, -0.2) is 0 Å². The Balaban J connectivity index is 1.24. The first-order valence-corrected chi connectivity index (χ1v) is 18.1. The smallest absolute Gasteiger partial charge is 0.330 e. The summed E-state index contributed by atoms with van der Waals surface area (Å²) in [6.07, 6.45) is 0. The van der Waals surface area contributed by atoms with Crippen molar-refractivity contribution in [1.29, 1.82) is 0 Å². The van der Waals surface area contributed by atoms with Gasteiger partial charge in [-0.3, -0.25) is 0 Å². The van der Waals surface area contributed by atoms with Crippen LogP contribution in [-0.2, 0) is 0 Å². The van der Waals surface area contributed by atoms with Gasteiger partial charge in [-0.15, -0.1) is 0 Å². The van der Waals surface area contributed by atoms with Crippen molar-refractivity contribution >= 4 is 78.4 Å². The Morgan fingerprint density at radius 1 is 0.385 bits per heavy atom. The van der Waals surface area contributed by atoms with Crippen molar-refractivity contribution in [3.8, 4) is 27.9 Å². The fourth-order valence-corrected chi connectivity index (χ4v) is 9.42. The fraction of sp³-hybridized carbons (Fsp3) is 0. The molecule has 12 rings (SSSR count). The Morgan fingerprint density at radius 3 is 1.67 bits per heavy atom. The molecule has 4 heterocycles. The second-order valence-corrected chi connectivity index (χ2v) is 14.1. The van der Waals surface area contributed by atoms with Crippen LogP contribution in [-0.4, -0.2) is 15.9 Å². The first-order chi connectivity index (χ1) is 25.8. The number of rotatable bonds is 4. The largest absolute Gasteiger partial charge is 0.375 e. The van der Waals surface area contributed by atoms with E-state index in [9.17, 15) is 0 Å². The van der Waals surface area contributed by atoms with E-state index >= 15 is 0 Å². The van der Waals surface area contributed by atoms with E-state index in [0.717, 1.165) is 17.1 Å². The van der Waals surface area contributed by atoms with Gasteiger partial charge in [0.15, 0.2) is 0 Å². The van der Waals surface area contributed by atoms with E-state index in [1.165, 1.54) is 82.5 Å². The molecule has 52 heavy (non-hydrogen) atoms. The number of aromatic nitrogens is 2. The average Bonchev–Trinajstić information content (AvgIpc) is 3.83. The van der Waals surface area contributed by atoms with E-state index in [1.807, 2.05) is 0 Å². The van der Waals surface area contributed by atoms with Crippen LogP contribution in [0.15, 0.2) is 182 Å². The van der Waals surface area contributed by atoms with Crippen molar-refractivity contribution in [2.24, 2.45) is 0 Å². The van der Waals surface area contributed by atoms with Gasteiger partial charge in [-0.1, -0.05) is 109 Å². The molecule has 0 radical (unpaired) electrons. The third kappa shape index (κ3) is 3.65. The molecule has 0 saturated carbocycles. The van der Waals surface area contributed by atoms with Gasteiger partial charge in [-0.2, -0.15) is 0 Å². The number of benzene rings is 8. The highest BCUT2D eigenvalue weighted by Crippen LogP contribution is 2.47. The molecule has 8 aromatic carbocycles. The van der Waals surface area contributed by atoms with Crippen LogP contribution in [0.3, 0.4) is 0 Å². The molecule has 0 amide bonds. The first-order valence-electron chi connectivity index (χ1n) is 18.1. The van der Waals surface area contributed by atoms with Gasteiger partial charge in [-0.05, 0) is 100 Å².